The fraction of sp³-hybridized carbons (Fsp3) is 0.333. The molecule has 0 radical (unpaired) electrons. The van der Waals surface area contributed by atoms with Gasteiger partial charge in [0.25, 0.3) is 10.1 Å². The summed E-state index contributed by atoms with van der Waals surface area (Å²) in [4.78, 5) is 10.7. The Kier molecular flexibility index (Phi) is 3.96. The van der Waals surface area contributed by atoms with E-state index in [-0.39, 0.29) is 6.61 Å². The molecule has 6 nitrogen and oxygen atoms in total. The van der Waals surface area contributed by atoms with E-state index in [1.807, 2.05) is 6.07 Å². The van der Waals surface area contributed by atoms with Gasteiger partial charge < -0.3 is 0 Å². The van der Waals surface area contributed by atoms with Crippen LogP contribution in [0.25, 0.3) is 10.9 Å². The molecule has 0 bridgehead atoms. The molecule has 19 heavy (non-hydrogen) atoms. The molecule has 0 fully saturated rings. The molecular weight excluding hydrogens is 268 g/mol. The lowest BCUT2D eigenvalue weighted by Gasteiger charge is -2.04. The van der Waals surface area contributed by atoms with Gasteiger partial charge in [0, 0.05) is 17.5 Å². The van der Waals surface area contributed by atoms with Crippen LogP contribution in [0.1, 0.15) is 16.8 Å². The van der Waals surface area contributed by atoms with E-state index in [1.54, 1.807) is 23.0 Å². The molecule has 0 unspecified atom stereocenters. The van der Waals surface area contributed by atoms with Crippen LogP contribution in [0.3, 0.4) is 0 Å². The Morgan fingerprint density at radius 3 is 2.89 bits per heavy atom. The quantitative estimate of drug-likeness (QED) is 0.452. The lowest BCUT2D eigenvalue weighted by atomic mass is 10.2. The Morgan fingerprint density at radius 2 is 2.21 bits per heavy atom. The largest absolute Gasteiger partial charge is 0.298 e. The Balaban J connectivity index is 2.03. The minimum atomic E-state index is -3.39. The average Bonchev–Trinajstić information content (AvgIpc) is 2.75. The maximum Gasteiger partial charge on any atom is 0.264 e. The van der Waals surface area contributed by atoms with Crippen molar-refractivity contribution in [1.29, 1.82) is 0 Å². The van der Waals surface area contributed by atoms with Gasteiger partial charge in [-0.1, -0.05) is 0 Å². The van der Waals surface area contributed by atoms with Crippen LogP contribution in [0, 0.1) is 0 Å². The number of aryl methyl sites for hydroxylation is 1. The van der Waals surface area contributed by atoms with Gasteiger partial charge in [0.05, 0.1) is 24.6 Å². The number of fused-ring (bicyclic) bond motifs is 1. The van der Waals surface area contributed by atoms with Gasteiger partial charge in [-0.2, -0.15) is 13.5 Å². The van der Waals surface area contributed by atoms with Crippen LogP contribution >= 0.6 is 0 Å². The first kappa shape index (κ1) is 13.7. The third-order valence-electron chi connectivity index (χ3n) is 2.61. The van der Waals surface area contributed by atoms with Crippen molar-refractivity contribution in [3.05, 3.63) is 30.0 Å². The van der Waals surface area contributed by atoms with Crippen LogP contribution < -0.4 is 0 Å². The number of rotatable bonds is 6. The van der Waals surface area contributed by atoms with E-state index in [0.29, 0.717) is 18.5 Å². The number of hydrogen-bond acceptors (Lipinski definition) is 5. The smallest absolute Gasteiger partial charge is 0.264 e. The van der Waals surface area contributed by atoms with Crippen LogP contribution in [-0.2, 0) is 20.8 Å². The molecular formula is C12H14N2O4S. The summed E-state index contributed by atoms with van der Waals surface area (Å²) < 4.78 is 28.0. The van der Waals surface area contributed by atoms with E-state index in [2.05, 4.69) is 9.28 Å². The molecule has 0 spiro atoms. The second-order valence-corrected chi connectivity index (χ2v) is 5.83. The number of aldehydes is 1. The first-order valence-electron chi connectivity index (χ1n) is 5.75. The maximum absolute atomic E-state index is 10.8. The minimum absolute atomic E-state index is 0.132. The molecule has 0 amide bonds. The highest BCUT2D eigenvalue weighted by atomic mass is 32.2. The second kappa shape index (κ2) is 5.50. The highest BCUT2D eigenvalue weighted by molar-refractivity contribution is 7.85. The molecule has 0 saturated carbocycles. The summed E-state index contributed by atoms with van der Waals surface area (Å²) in [6, 6.07) is 5.31. The van der Waals surface area contributed by atoms with Crippen LogP contribution in [0.15, 0.2) is 24.4 Å². The molecule has 2 rings (SSSR count). The summed E-state index contributed by atoms with van der Waals surface area (Å²) in [5.41, 5.74) is 1.51. The number of carbonyl (C=O) groups is 1. The predicted molar refractivity (Wildman–Crippen MR) is 70.5 cm³/mol. The Labute approximate surface area is 111 Å². The molecule has 7 heteroatoms. The van der Waals surface area contributed by atoms with Crippen LogP contribution in [-0.4, -0.2) is 37.3 Å². The van der Waals surface area contributed by atoms with E-state index in [4.69, 9.17) is 0 Å². The number of aromatic nitrogens is 2. The van der Waals surface area contributed by atoms with Crippen molar-refractivity contribution in [3.63, 3.8) is 0 Å². The van der Waals surface area contributed by atoms with E-state index < -0.39 is 10.1 Å². The summed E-state index contributed by atoms with van der Waals surface area (Å²) in [5.74, 6) is 0. The summed E-state index contributed by atoms with van der Waals surface area (Å²) in [7, 11) is -3.39. The van der Waals surface area contributed by atoms with Gasteiger partial charge in [-0.05, 0) is 24.6 Å². The summed E-state index contributed by atoms with van der Waals surface area (Å²) in [6.45, 7) is 0.687. The SMILES string of the molecule is CS(=O)(=O)OCCCn1ncc2cc(C=O)ccc21. The van der Waals surface area contributed by atoms with E-state index in [9.17, 15) is 13.2 Å². The zero-order chi connectivity index (χ0) is 13.9. The molecule has 0 atom stereocenters. The third kappa shape index (κ3) is 3.62. The van der Waals surface area contributed by atoms with Gasteiger partial charge in [0.1, 0.15) is 6.29 Å². The Hall–Kier alpha value is -1.73. The number of carbonyl (C=O) groups excluding carboxylic acids is 1. The lowest BCUT2D eigenvalue weighted by molar-refractivity contribution is 0.112. The average molecular weight is 282 g/mol. The van der Waals surface area contributed by atoms with Crippen molar-refractivity contribution in [2.75, 3.05) is 12.9 Å². The van der Waals surface area contributed by atoms with Crippen molar-refractivity contribution in [1.82, 2.24) is 9.78 Å². The highest BCUT2D eigenvalue weighted by Crippen LogP contribution is 2.15. The van der Waals surface area contributed by atoms with Gasteiger partial charge >= 0.3 is 0 Å². The molecule has 1 heterocycles. The van der Waals surface area contributed by atoms with Crippen molar-refractivity contribution in [3.8, 4) is 0 Å². The van der Waals surface area contributed by atoms with Gasteiger partial charge in [0.2, 0.25) is 0 Å². The predicted octanol–water partition coefficient (Wildman–Crippen LogP) is 1.22. The topological polar surface area (TPSA) is 78.3 Å². The van der Waals surface area contributed by atoms with Crippen LogP contribution in [0.4, 0.5) is 0 Å². The highest BCUT2D eigenvalue weighted by Gasteiger charge is 2.05. The van der Waals surface area contributed by atoms with Gasteiger partial charge in [-0.15, -0.1) is 0 Å². The van der Waals surface area contributed by atoms with E-state index in [1.165, 1.54) is 0 Å². The van der Waals surface area contributed by atoms with Crippen LogP contribution in [0.5, 0.6) is 0 Å². The lowest BCUT2D eigenvalue weighted by Crippen LogP contribution is -2.08. The fourth-order valence-corrected chi connectivity index (χ4v) is 2.20. The van der Waals surface area contributed by atoms with E-state index in [0.717, 1.165) is 23.4 Å². The zero-order valence-corrected chi connectivity index (χ0v) is 11.3. The molecule has 0 aliphatic heterocycles. The number of nitrogens with zero attached hydrogens (tertiary/aromatic N) is 2. The summed E-state index contributed by atoms with van der Waals surface area (Å²) >= 11 is 0. The third-order valence-corrected chi connectivity index (χ3v) is 3.21. The number of hydrogen-bond donors (Lipinski definition) is 0. The standard InChI is InChI=1S/C12H14N2O4S/c1-19(16,17)18-6-2-5-14-12-4-3-10(9-15)7-11(12)8-13-14/h3-4,7-9H,2,5-6H2,1H3. The normalized spacial score (nSPS) is 11.8. The van der Waals surface area contributed by atoms with Crippen molar-refractivity contribution < 1.29 is 17.4 Å². The Bertz CT molecular complexity index is 691. The Morgan fingerprint density at radius 1 is 1.42 bits per heavy atom. The minimum Gasteiger partial charge on any atom is -0.298 e. The molecule has 0 aliphatic carbocycles. The van der Waals surface area contributed by atoms with Gasteiger partial charge in [-0.25, -0.2) is 0 Å². The molecule has 0 N–H and O–H groups in total. The van der Waals surface area contributed by atoms with Crippen molar-refractivity contribution in [2.24, 2.45) is 0 Å². The molecule has 1 aromatic carbocycles. The first-order valence-corrected chi connectivity index (χ1v) is 7.56. The molecule has 102 valence electrons. The fourth-order valence-electron chi connectivity index (χ4n) is 1.78. The first-order chi connectivity index (χ1) is 8.99. The molecule has 2 aromatic rings. The van der Waals surface area contributed by atoms with E-state index >= 15 is 0 Å². The molecule has 0 aliphatic rings. The molecule has 0 saturated heterocycles. The van der Waals surface area contributed by atoms with Crippen molar-refractivity contribution >= 4 is 27.3 Å². The van der Waals surface area contributed by atoms with Gasteiger partial charge in [-0.3, -0.25) is 13.7 Å². The summed E-state index contributed by atoms with van der Waals surface area (Å²) in [6.07, 6.45) is 4.03. The van der Waals surface area contributed by atoms with Gasteiger partial charge in [0.15, 0.2) is 0 Å². The monoisotopic (exact) mass is 282 g/mol. The molecule has 1 aromatic heterocycles. The maximum atomic E-state index is 10.8. The zero-order valence-electron chi connectivity index (χ0n) is 10.4. The van der Waals surface area contributed by atoms with Crippen LogP contribution in [0.2, 0.25) is 0 Å². The summed E-state index contributed by atoms with van der Waals surface area (Å²) in [5, 5.41) is 5.08. The van der Waals surface area contributed by atoms with Crippen molar-refractivity contribution in [2.45, 2.75) is 13.0 Å². The second-order valence-electron chi connectivity index (χ2n) is 4.18. The number of benzene rings is 1.